The van der Waals surface area contributed by atoms with Crippen molar-refractivity contribution in [3.8, 4) is 0 Å². The van der Waals surface area contributed by atoms with Gasteiger partial charge in [0.2, 0.25) is 0 Å². The Labute approximate surface area is 118 Å². The highest BCUT2D eigenvalue weighted by molar-refractivity contribution is 7.97. The first-order valence-corrected chi connectivity index (χ1v) is 9.03. The van der Waals surface area contributed by atoms with Gasteiger partial charge in [0.05, 0.1) is 0 Å². The van der Waals surface area contributed by atoms with Crippen LogP contribution < -0.4 is 5.32 Å². The summed E-state index contributed by atoms with van der Waals surface area (Å²) >= 11 is 3.71. The second kappa shape index (κ2) is 7.31. The van der Waals surface area contributed by atoms with Gasteiger partial charge in [-0.05, 0) is 44.3 Å². The molecule has 1 saturated carbocycles. The standard InChI is InChI=1S/C12H16N2S.C2H6S/c1-2-12-9(7-13-5-1)6-11(15-12)8-14-10-3-4-10;1-3-2/h6-7,10,14H,1-5,8H2;1-2H3. The summed E-state index contributed by atoms with van der Waals surface area (Å²) in [4.78, 5) is 7.40. The van der Waals surface area contributed by atoms with Crippen molar-refractivity contribution in [3.63, 3.8) is 0 Å². The van der Waals surface area contributed by atoms with Gasteiger partial charge in [0.1, 0.15) is 0 Å². The van der Waals surface area contributed by atoms with E-state index in [1.807, 2.05) is 23.8 Å². The predicted molar refractivity (Wildman–Crippen MR) is 84.4 cm³/mol. The summed E-state index contributed by atoms with van der Waals surface area (Å²) in [6.45, 7) is 2.05. The molecular formula is C14H22N2S2. The van der Waals surface area contributed by atoms with Crippen molar-refractivity contribution in [2.45, 2.75) is 38.3 Å². The second-order valence-electron chi connectivity index (χ2n) is 4.79. The number of thioether (sulfide) groups is 1. The fourth-order valence-electron chi connectivity index (χ4n) is 1.92. The quantitative estimate of drug-likeness (QED) is 0.919. The van der Waals surface area contributed by atoms with Crippen molar-refractivity contribution in [3.05, 3.63) is 21.4 Å². The number of thiophene rings is 1. The van der Waals surface area contributed by atoms with Gasteiger partial charge in [-0.1, -0.05) is 0 Å². The van der Waals surface area contributed by atoms with Crippen LogP contribution in [0, 0.1) is 0 Å². The number of aliphatic imine (C=N–C) groups is 1. The maximum absolute atomic E-state index is 4.39. The molecule has 0 amide bonds. The van der Waals surface area contributed by atoms with Crippen molar-refractivity contribution in [2.24, 2.45) is 4.99 Å². The second-order valence-corrected chi connectivity index (χ2v) is 6.83. The van der Waals surface area contributed by atoms with E-state index in [1.165, 1.54) is 41.0 Å². The van der Waals surface area contributed by atoms with Crippen LogP contribution in [0.15, 0.2) is 11.1 Å². The lowest BCUT2D eigenvalue weighted by Gasteiger charge is -1.98. The van der Waals surface area contributed by atoms with Gasteiger partial charge in [-0.3, -0.25) is 4.99 Å². The SMILES string of the molecule is C1=NCCCc2sc(CNC3CC3)cc21.CSC. The Morgan fingerprint density at radius 2 is 2.22 bits per heavy atom. The summed E-state index contributed by atoms with van der Waals surface area (Å²) in [6, 6.07) is 3.12. The molecule has 3 rings (SSSR count). The molecule has 4 heteroatoms. The molecule has 0 saturated heterocycles. The highest BCUT2D eigenvalue weighted by Gasteiger charge is 2.20. The van der Waals surface area contributed by atoms with E-state index in [9.17, 15) is 0 Å². The Balaban J connectivity index is 0.000000367. The number of hydrogen-bond acceptors (Lipinski definition) is 4. The average molecular weight is 282 g/mol. The third kappa shape index (κ3) is 4.41. The predicted octanol–water partition coefficient (Wildman–Crippen LogP) is 3.34. The van der Waals surface area contributed by atoms with Crippen LogP contribution in [-0.4, -0.2) is 31.3 Å². The summed E-state index contributed by atoms with van der Waals surface area (Å²) in [5.74, 6) is 0. The monoisotopic (exact) mass is 282 g/mol. The number of aryl methyl sites for hydroxylation is 1. The maximum Gasteiger partial charge on any atom is 0.0392 e. The summed E-state index contributed by atoms with van der Waals surface area (Å²) in [5.41, 5.74) is 1.37. The molecule has 0 spiro atoms. The summed E-state index contributed by atoms with van der Waals surface area (Å²) < 4.78 is 0. The Hall–Kier alpha value is -0.320. The third-order valence-corrected chi connectivity index (χ3v) is 4.17. The molecule has 0 atom stereocenters. The van der Waals surface area contributed by atoms with Crippen molar-refractivity contribution in [1.29, 1.82) is 0 Å². The number of fused-ring (bicyclic) bond motifs is 1. The van der Waals surface area contributed by atoms with Gasteiger partial charge in [-0.25, -0.2) is 0 Å². The molecule has 2 aliphatic rings. The van der Waals surface area contributed by atoms with Crippen molar-refractivity contribution in [1.82, 2.24) is 5.32 Å². The highest BCUT2D eigenvalue weighted by atomic mass is 32.2. The van der Waals surface area contributed by atoms with Gasteiger partial charge < -0.3 is 5.32 Å². The fourth-order valence-corrected chi connectivity index (χ4v) is 3.05. The minimum atomic E-state index is 0.806. The zero-order valence-corrected chi connectivity index (χ0v) is 12.9. The minimum absolute atomic E-state index is 0.806. The lowest BCUT2D eigenvalue weighted by molar-refractivity contribution is 0.695. The number of rotatable bonds is 3. The number of nitrogens with one attached hydrogen (secondary N) is 1. The first-order chi connectivity index (χ1) is 8.83. The molecule has 0 unspecified atom stereocenters. The molecule has 2 nitrogen and oxygen atoms in total. The molecule has 1 aliphatic heterocycles. The molecule has 100 valence electrons. The molecule has 18 heavy (non-hydrogen) atoms. The van der Waals surface area contributed by atoms with Crippen LogP contribution in [0.5, 0.6) is 0 Å². The molecule has 2 heterocycles. The van der Waals surface area contributed by atoms with E-state index in [2.05, 4.69) is 22.6 Å². The molecule has 1 aliphatic carbocycles. The molecule has 1 fully saturated rings. The van der Waals surface area contributed by atoms with E-state index in [0.717, 1.165) is 19.1 Å². The van der Waals surface area contributed by atoms with Gasteiger partial charge in [-0.2, -0.15) is 11.8 Å². The summed E-state index contributed by atoms with van der Waals surface area (Å²) in [5, 5.41) is 3.56. The maximum atomic E-state index is 4.39. The van der Waals surface area contributed by atoms with Crippen LogP contribution in [-0.2, 0) is 13.0 Å². The summed E-state index contributed by atoms with van der Waals surface area (Å²) in [7, 11) is 0. The first-order valence-electron chi connectivity index (χ1n) is 6.58. The van der Waals surface area contributed by atoms with Crippen LogP contribution in [0.25, 0.3) is 0 Å². The summed E-state index contributed by atoms with van der Waals surface area (Å²) in [6.07, 6.45) is 11.3. The largest absolute Gasteiger partial charge is 0.309 e. The van der Waals surface area contributed by atoms with E-state index in [4.69, 9.17) is 0 Å². The molecule has 1 N–H and O–H groups in total. The van der Waals surface area contributed by atoms with Gasteiger partial charge >= 0.3 is 0 Å². The minimum Gasteiger partial charge on any atom is -0.309 e. The molecule has 0 aromatic carbocycles. The van der Waals surface area contributed by atoms with Crippen LogP contribution in [0.2, 0.25) is 0 Å². The van der Waals surface area contributed by atoms with E-state index in [1.54, 1.807) is 11.8 Å². The van der Waals surface area contributed by atoms with Crippen LogP contribution in [0.4, 0.5) is 0 Å². The van der Waals surface area contributed by atoms with Gasteiger partial charge in [0, 0.05) is 40.7 Å². The Morgan fingerprint density at radius 3 is 2.94 bits per heavy atom. The van der Waals surface area contributed by atoms with E-state index in [0.29, 0.717) is 0 Å². The van der Waals surface area contributed by atoms with Crippen LogP contribution in [0.1, 0.15) is 34.6 Å². The lowest BCUT2D eigenvalue weighted by atomic mass is 10.2. The van der Waals surface area contributed by atoms with Crippen molar-refractivity contribution >= 4 is 29.3 Å². The van der Waals surface area contributed by atoms with Crippen molar-refractivity contribution in [2.75, 3.05) is 19.1 Å². The third-order valence-electron chi connectivity index (χ3n) is 2.96. The number of hydrogen-bond donors (Lipinski definition) is 1. The van der Waals surface area contributed by atoms with Crippen molar-refractivity contribution < 1.29 is 0 Å². The Kier molecular flexibility index (Phi) is 5.73. The molecule has 1 aromatic rings. The lowest BCUT2D eigenvalue weighted by Crippen LogP contribution is -2.14. The Bertz CT molecular complexity index is 394. The van der Waals surface area contributed by atoms with Gasteiger partial charge in [0.15, 0.2) is 0 Å². The molecule has 0 radical (unpaired) electrons. The smallest absolute Gasteiger partial charge is 0.0392 e. The zero-order valence-electron chi connectivity index (χ0n) is 11.2. The van der Waals surface area contributed by atoms with Gasteiger partial charge in [-0.15, -0.1) is 11.3 Å². The van der Waals surface area contributed by atoms with Gasteiger partial charge in [0.25, 0.3) is 0 Å². The van der Waals surface area contributed by atoms with Crippen LogP contribution in [0.3, 0.4) is 0 Å². The fraction of sp³-hybridized carbons (Fsp3) is 0.643. The molecule has 1 aromatic heterocycles. The Morgan fingerprint density at radius 1 is 1.44 bits per heavy atom. The molecule has 0 bridgehead atoms. The molecular weight excluding hydrogens is 260 g/mol. The number of nitrogens with zero attached hydrogens (tertiary/aromatic N) is 1. The first kappa shape index (κ1) is 14.1. The topological polar surface area (TPSA) is 24.4 Å². The zero-order chi connectivity index (χ0) is 12.8. The average Bonchev–Trinajstić information content (AvgIpc) is 3.14. The van der Waals surface area contributed by atoms with E-state index < -0.39 is 0 Å². The normalized spacial score (nSPS) is 17.7. The van der Waals surface area contributed by atoms with E-state index in [-0.39, 0.29) is 0 Å². The van der Waals surface area contributed by atoms with E-state index >= 15 is 0 Å². The highest BCUT2D eigenvalue weighted by Crippen LogP contribution is 2.26. The van der Waals surface area contributed by atoms with Crippen LogP contribution >= 0.6 is 23.1 Å².